The Labute approximate surface area is 122 Å². The summed E-state index contributed by atoms with van der Waals surface area (Å²) in [6.07, 6.45) is 1.23. The molecule has 1 aromatic rings. The highest BCUT2D eigenvalue weighted by Gasteiger charge is 2.46. The van der Waals surface area contributed by atoms with Gasteiger partial charge in [-0.25, -0.2) is 0 Å². The van der Waals surface area contributed by atoms with E-state index >= 15 is 0 Å². The van der Waals surface area contributed by atoms with Gasteiger partial charge in [-0.05, 0) is 53.0 Å². The zero-order chi connectivity index (χ0) is 15.0. The molecule has 1 heterocycles. The number of benzene rings is 1. The molecule has 0 atom stereocenters. The van der Waals surface area contributed by atoms with Gasteiger partial charge in [0, 0.05) is 11.1 Å². The molecule has 0 unspecified atom stereocenters. The molecule has 0 saturated carbocycles. The summed E-state index contributed by atoms with van der Waals surface area (Å²) >= 11 is 0. The van der Waals surface area contributed by atoms with E-state index in [0.717, 1.165) is 12.8 Å². The lowest BCUT2D eigenvalue weighted by atomic mass is 9.80. The molecule has 0 aliphatic carbocycles. The van der Waals surface area contributed by atoms with Gasteiger partial charge in [-0.15, -0.1) is 0 Å². The van der Waals surface area contributed by atoms with E-state index in [-0.39, 0.29) is 17.2 Å². The summed E-state index contributed by atoms with van der Waals surface area (Å²) in [5.41, 5.74) is 2.11. The molecule has 1 aliphatic rings. The van der Waals surface area contributed by atoms with Crippen molar-refractivity contribution in [2.75, 3.05) is 0 Å². The van der Waals surface area contributed by atoms with Crippen LogP contribution in [0.4, 0.5) is 0 Å². The summed E-state index contributed by atoms with van der Waals surface area (Å²) in [5.74, 6) is 0. The Morgan fingerprint density at radius 3 is 2.35 bits per heavy atom. The fraction of sp³-hybridized carbons (Fsp3) is 0.647. The molecule has 1 aromatic carbocycles. The van der Waals surface area contributed by atoms with E-state index in [1.54, 1.807) is 0 Å². The van der Waals surface area contributed by atoms with E-state index in [1.807, 2.05) is 0 Å². The Bertz CT molecular complexity index is 450. The number of aliphatic hydroxyl groups excluding tert-OH is 1. The Balaban J connectivity index is 2.10. The molecule has 1 saturated heterocycles. The van der Waals surface area contributed by atoms with Crippen molar-refractivity contribution >= 4 is 0 Å². The molecule has 1 fully saturated rings. The normalized spacial score (nSPS) is 22.9. The van der Waals surface area contributed by atoms with Gasteiger partial charge in [-0.1, -0.05) is 29.8 Å². The number of rotatable bonds is 3. The summed E-state index contributed by atoms with van der Waals surface area (Å²) in [7, 11) is 0. The zero-order valence-electron chi connectivity index (χ0n) is 13.3. The summed E-state index contributed by atoms with van der Waals surface area (Å²) in [4.78, 5) is 6.13. The smallest absolute Gasteiger partial charge is 0.0936 e. The molecule has 0 radical (unpaired) electrons. The van der Waals surface area contributed by atoms with E-state index < -0.39 is 0 Å². The maximum atomic E-state index is 10.0. The average Bonchev–Trinajstić information content (AvgIpc) is 2.24. The van der Waals surface area contributed by atoms with Crippen LogP contribution in [-0.2, 0) is 11.4 Å². The van der Waals surface area contributed by atoms with Crippen LogP contribution in [0, 0.1) is 6.92 Å². The molecule has 0 aromatic heterocycles. The summed E-state index contributed by atoms with van der Waals surface area (Å²) < 4.78 is 0. The van der Waals surface area contributed by atoms with Crippen LogP contribution in [0.3, 0.4) is 0 Å². The van der Waals surface area contributed by atoms with Crippen molar-refractivity contribution < 1.29 is 9.94 Å². The van der Waals surface area contributed by atoms with Gasteiger partial charge in [-0.2, -0.15) is 5.06 Å². The minimum atomic E-state index is -0.251. The van der Waals surface area contributed by atoms with Gasteiger partial charge in [0.05, 0.1) is 12.7 Å². The summed E-state index contributed by atoms with van der Waals surface area (Å²) in [5, 5.41) is 12.1. The van der Waals surface area contributed by atoms with Crippen molar-refractivity contribution in [3.63, 3.8) is 0 Å². The number of nitrogens with zero attached hydrogens (tertiary/aromatic N) is 1. The highest BCUT2D eigenvalue weighted by atomic mass is 16.7. The van der Waals surface area contributed by atoms with Crippen LogP contribution in [0.2, 0.25) is 0 Å². The lowest BCUT2D eigenvalue weighted by Gasteiger charge is -2.52. The van der Waals surface area contributed by atoms with Crippen LogP contribution in [0.5, 0.6) is 0 Å². The maximum absolute atomic E-state index is 10.0. The first-order chi connectivity index (χ1) is 9.21. The molecule has 3 heteroatoms. The van der Waals surface area contributed by atoms with Gasteiger partial charge in [0.2, 0.25) is 0 Å². The van der Waals surface area contributed by atoms with Crippen LogP contribution >= 0.6 is 0 Å². The van der Waals surface area contributed by atoms with E-state index in [4.69, 9.17) is 4.84 Å². The Hall–Kier alpha value is -0.900. The first kappa shape index (κ1) is 15.5. The molecule has 0 amide bonds. The van der Waals surface area contributed by atoms with Gasteiger partial charge in [0.25, 0.3) is 0 Å². The van der Waals surface area contributed by atoms with Crippen molar-refractivity contribution in [2.24, 2.45) is 0 Å². The number of piperidine rings is 1. The number of aliphatic hydroxyl groups is 1. The lowest BCUT2D eigenvalue weighted by Crippen LogP contribution is -2.61. The molecular formula is C17H27NO2. The van der Waals surface area contributed by atoms with Crippen molar-refractivity contribution in [3.8, 4) is 0 Å². The van der Waals surface area contributed by atoms with Gasteiger partial charge in [0.1, 0.15) is 0 Å². The fourth-order valence-electron chi connectivity index (χ4n) is 3.50. The quantitative estimate of drug-likeness (QED) is 0.918. The molecule has 0 bridgehead atoms. The standard InChI is InChI=1S/C17H27NO2/c1-13-7-6-8-14(9-13)12-20-18-16(2,3)10-15(19)11-17(18,4)5/h6-9,15,19H,10-12H2,1-5H3. The van der Waals surface area contributed by atoms with Crippen molar-refractivity contribution in [2.45, 2.75) is 71.2 Å². The van der Waals surface area contributed by atoms with Crippen molar-refractivity contribution in [1.82, 2.24) is 5.06 Å². The second-order valence-corrected chi connectivity index (χ2v) is 7.24. The molecule has 2 rings (SSSR count). The van der Waals surface area contributed by atoms with Crippen LogP contribution in [0.1, 0.15) is 51.7 Å². The maximum Gasteiger partial charge on any atom is 0.0936 e. The third-order valence-electron chi connectivity index (χ3n) is 4.01. The number of aryl methyl sites for hydroxylation is 1. The van der Waals surface area contributed by atoms with Crippen LogP contribution in [0.15, 0.2) is 24.3 Å². The Morgan fingerprint density at radius 1 is 1.20 bits per heavy atom. The first-order valence-electron chi connectivity index (χ1n) is 7.38. The lowest BCUT2D eigenvalue weighted by molar-refractivity contribution is -0.298. The molecule has 20 heavy (non-hydrogen) atoms. The second-order valence-electron chi connectivity index (χ2n) is 7.24. The van der Waals surface area contributed by atoms with Crippen LogP contribution < -0.4 is 0 Å². The minimum absolute atomic E-state index is 0.162. The zero-order valence-corrected chi connectivity index (χ0v) is 13.3. The number of hydroxylamine groups is 2. The molecular weight excluding hydrogens is 250 g/mol. The average molecular weight is 277 g/mol. The molecule has 0 spiro atoms. The highest BCUT2D eigenvalue weighted by Crippen LogP contribution is 2.38. The minimum Gasteiger partial charge on any atom is -0.393 e. The number of hydrogen-bond acceptors (Lipinski definition) is 3. The topological polar surface area (TPSA) is 32.7 Å². The Kier molecular flexibility index (Phi) is 4.24. The van der Waals surface area contributed by atoms with E-state index in [1.165, 1.54) is 11.1 Å². The predicted molar refractivity (Wildman–Crippen MR) is 81.2 cm³/mol. The SMILES string of the molecule is Cc1cccc(CON2C(C)(C)CC(O)CC2(C)C)c1. The van der Waals surface area contributed by atoms with Gasteiger partial charge >= 0.3 is 0 Å². The predicted octanol–water partition coefficient (Wildman–Crippen LogP) is 3.44. The highest BCUT2D eigenvalue weighted by molar-refractivity contribution is 5.21. The van der Waals surface area contributed by atoms with Crippen molar-refractivity contribution in [3.05, 3.63) is 35.4 Å². The molecule has 112 valence electrons. The fourth-order valence-corrected chi connectivity index (χ4v) is 3.50. The monoisotopic (exact) mass is 277 g/mol. The first-order valence-corrected chi connectivity index (χ1v) is 7.38. The van der Waals surface area contributed by atoms with Gasteiger partial charge in [-0.3, -0.25) is 4.84 Å². The molecule has 1 aliphatic heterocycles. The van der Waals surface area contributed by atoms with Crippen LogP contribution in [0.25, 0.3) is 0 Å². The van der Waals surface area contributed by atoms with Gasteiger partial charge < -0.3 is 5.11 Å². The van der Waals surface area contributed by atoms with E-state index in [2.05, 4.69) is 63.9 Å². The van der Waals surface area contributed by atoms with E-state index in [9.17, 15) is 5.11 Å². The summed E-state index contributed by atoms with van der Waals surface area (Å²) in [6.45, 7) is 11.2. The second kappa shape index (κ2) is 5.47. The van der Waals surface area contributed by atoms with Crippen molar-refractivity contribution in [1.29, 1.82) is 0 Å². The largest absolute Gasteiger partial charge is 0.393 e. The third-order valence-corrected chi connectivity index (χ3v) is 4.01. The molecule has 3 nitrogen and oxygen atoms in total. The Morgan fingerprint density at radius 2 is 1.80 bits per heavy atom. The third kappa shape index (κ3) is 3.40. The summed E-state index contributed by atoms with van der Waals surface area (Å²) in [6, 6.07) is 8.39. The number of hydrogen-bond donors (Lipinski definition) is 1. The molecule has 1 N–H and O–H groups in total. The van der Waals surface area contributed by atoms with Crippen LogP contribution in [-0.4, -0.2) is 27.4 Å². The van der Waals surface area contributed by atoms with Gasteiger partial charge in [0.15, 0.2) is 0 Å². The van der Waals surface area contributed by atoms with E-state index in [0.29, 0.717) is 6.61 Å².